The van der Waals surface area contributed by atoms with Crippen molar-refractivity contribution in [3.05, 3.63) is 24.2 Å². The van der Waals surface area contributed by atoms with Crippen molar-refractivity contribution in [3.63, 3.8) is 0 Å². The zero-order valence-electron chi connectivity index (χ0n) is 8.43. The van der Waals surface area contributed by atoms with Gasteiger partial charge in [0.15, 0.2) is 11.5 Å². The van der Waals surface area contributed by atoms with Crippen LogP contribution in [0.25, 0.3) is 5.65 Å². The normalized spacial score (nSPS) is 16.0. The fourth-order valence-electron chi connectivity index (χ4n) is 1.61. The number of rotatable bonds is 4. The molecular formula is C10H13N5. The van der Waals surface area contributed by atoms with Gasteiger partial charge in [-0.15, -0.1) is 10.2 Å². The summed E-state index contributed by atoms with van der Waals surface area (Å²) in [4.78, 5) is 0. The summed E-state index contributed by atoms with van der Waals surface area (Å²) in [6.45, 7) is 1.83. The standard InChI is InChI=1S/C10H13N5/c1-2-9-13-14-10(15(9)12-5-1)7-11-6-8-3-4-8/h1-2,5,8,11H,3-4,6-7H2. The van der Waals surface area contributed by atoms with Crippen molar-refractivity contribution in [2.75, 3.05) is 6.54 Å². The Hall–Kier alpha value is -1.49. The van der Waals surface area contributed by atoms with Crippen LogP contribution in [-0.4, -0.2) is 26.4 Å². The first-order valence-electron chi connectivity index (χ1n) is 5.29. The molecule has 0 radical (unpaired) electrons. The minimum atomic E-state index is 0.745. The van der Waals surface area contributed by atoms with Crippen molar-refractivity contribution in [2.24, 2.45) is 5.92 Å². The van der Waals surface area contributed by atoms with Gasteiger partial charge in [0.2, 0.25) is 0 Å². The molecular weight excluding hydrogens is 190 g/mol. The van der Waals surface area contributed by atoms with Crippen molar-refractivity contribution >= 4 is 5.65 Å². The van der Waals surface area contributed by atoms with E-state index in [1.165, 1.54) is 12.8 Å². The average Bonchev–Trinajstić information content (AvgIpc) is 3.00. The van der Waals surface area contributed by atoms with E-state index in [1.54, 1.807) is 10.7 Å². The molecule has 78 valence electrons. The van der Waals surface area contributed by atoms with Crippen molar-refractivity contribution < 1.29 is 0 Å². The molecule has 15 heavy (non-hydrogen) atoms. The van der Waals surface area contributed by atoms with Gasteiger partial charge in [-0.3, -0.25) is 0 Å². The maximum Gasteiger partial charge on any atom is 0.177 e. The molecule has 1 fully saturated rings. The van der Waals surface area contributed by atoms with Crippen LogP contribution in [0.2, 0.25) is 0 Å². The topological polar surface area (TPSA) is 55.1 Å². The van der Waals surface area contributed by atoms with Gasteiger partial charge >= 0.3 is 0 Å². The SMILES string of the molecule is c1cnn2c(CNCC3CC3)nnc2c1. The highest BCUT2D eigenvalue weighted by Gasteiger charge is 2.20. The Balaban J connectivity index is 1.72. The molecule has 1 saturated carbocycles. The van der Waals surface area contributed by atoms with E-state index in [0.29, 0.717) is 0 Å². The molecule has 1 aliphatic rings. The minimum absolute atomic E-state index is 0.745. The molecule has 0 bridgehead atoms. The Morgan fingerprint density at radius 2 is 2.33 bits per heavy atom. The summed E-state index contributed by atoms with van der Waals surface area (Å²) in [5, 5.41) is 15.7. The first-order chi connectivity index (χ1) is 7.43. The highest BCUT2D eigenvalue weighted by Crippen LogP contribution is 2.27. The van der Waals surface area contributed by atoms with Crippen LogP contribution in [0.3, 0.4) is 0 Å². The molecule has 0 atom stereocenters. The molecule has 0 aromatic carbocycles. The van der Waals surface area contributed by atoms with E-state index in [1.807, 2.05) is 12.1 Å². The predicted octanol–water partition coefficient (Wildman–Crippen LogP) is 0.624. The van der Waals surface area contributed by atoms with E-state index in [-0.39, 0.29) is 0 Å². The summed E-state index contributed by atoms with van der Waals surface area (Å²) in [6.07, 6.45) is 4.48. The smallest absolute Gasteiger partial charge is 0.177 e. The molecule has 5 heteroatoms. The zero-order chi connectivity index (χ0) is 10.1. The van der Waals surface area contributed by atoms with Gasteiger partial charge in [0, 0.05) is 6.20 Å². The van der Waals surface area contributed by atoms with Crippen LogP contribution >= 0.6 is 0 Å². The third-order valence-corrected chi connectivity index (χ3v) is 2.66. The largest absolute Gasteiger partial charge is 0.310 e. The van der Waals surface area contributed by atoms with Gasteiger partial charge in [0.1, 0.15) is 0 Å². The molecule has 0 unspecified atom stereocenters. The number of nitrogens with zero attached hydrogens (tertiary/aromatic N) is 4. The Kier molecular flexibility index (Phi) is 2.10. The van der Waals surface area contributed by atoms with Gasteiger partial charge < -0.3 is 5.32 Å². The second-order valence-corrected chi connectivity index (χ2v) is 3.98. The number of aromatic nitrogens is 4. The van der Waals surface area contributed by atoms with E-state index in [0.717, 1.165) is 30.5 Å². The van der Waals surface area contributed by atoms with Crippen LogP contribution in [0.5, 0.6) is 0 Å². The monoisotopic (exact) mass is 203 g/mol. The summed E-state index contributed by atoms with van der Waals surface area (Å²) < 4.78 is 1.78. The Morgan fingerprint density at radius 3 is 3.20 bits per heavy atom. The van der Waals surface area contributed by atoms with Crippen LogP contribution in [-0.2, 0) is 6.54 Å². The summed E-state index contributed by atoms with van der Waals surface area (Å²) in [5.74, 6) is 1.77. The second kappa shape index (κ2) is 3.58. The number of nitrogens with one attached hydrogen (secondary N) is 1. The van der Waals surface area contributed by atoms with Crippen LogP contribution in [0.1, 0.15) is 18.7 Å². The highest BCUT2D eigenvalue weighted by molar-refractivity contribution is 5.34. The van der Waals surface area contributed by atoms with E-state index < -0.39 is 0 Å². The third-order valence-electron chi connectivity index (χ3n) is 2.66. The second-order valence-electron chi connectivity index (χ2n) is 3.98. The molecule has 1 aliphatic carbocycles. The van der Waals surface area contributed by atoms with Crippen molar-refractivity contribution in [1.29, 1.82) is 0 Å². The van der Waals surface area contributed by atoms with Crippen LogP contribution in [0, 0.1) is 5.92 Å². The number of hydrogen-bond acceptors (Lipinski definition) is 4. The quantitative estimate of drug-likeness (QED) is 0.791. The third kappa shape index (κ3) is 1.83. The fraction of sp³-hybridized carbons (Fsp3) is 0.500. The van der Waals surface area contributed by atoms with Gasteiger partial charge in [-0.05, 0) is 37.4 Å². The molecule has 0 amide bonds. The molecule has 2 aromatic heterocycles. The summed E-state index contributed by atoms with van der Waals surface area (Å²) in [7, 11) is 0. The first-order valence-corrected chi connectivity index (χ1v) is 5.29. The first kappa shape index (κ1) is 8.79. The van der Waals surface area contributed by atoms with Crippen LogP contribution in [0.15, 0.2) is 18.3 Å². The maximum atomic E-state index is 4.21. The van der Waals surface area contributed by atoms with Gasteiger partial charge in [-0.25, -0.2) is 0 Å². The molecule has 2 aromatic rings. The number of fused-ring (bicyclic) bond motifs is 1. The molecule has 0 saturated heterocycles. The summed E-state index contributed by atoms with van der Waals surface area (Å²) in [5.41, 5.74) is 0.806. The lowest BCUT2D eigenvalue weighted by Gasteiger charge is -2.00. The van der Waals surface area contributed by atoms with Crippen molar-refractivity contribution in [1.82, 2.24) is 25.1 Å². The van der Waals surface area contributed by atoms with Gasteiger partial charge in [-0.2, -0.15) is 9.61 Å². The van der Waals surface area contributed by atoms with Gasteiger partial charge in [0.05, 0.1) is 6.54 Å². The molecule has 3 rings (SSSR count). The summed E-state index contributed by atoms with van der Waals surface area (Å²) in [6, 6.07) is 3.77. The summed E-state index contributed by atoms with van der Waals surface area (Å²) >= 11 is 0. The molecule has 1 N–H and O–H groups in total. The average molecular weight is 203 g/mol. The van der Waals surface area contributed by atoms with Crippen molar-refractivity contribution in [2.45, 2.75) is 19.4 Å². The zero-order valence-corrected chi connectivity index (χ0v) is 8.43. The minimum Gasteiger partial charge on any atom is -0.310 e. The van der Waals surface area contributed by atoms with E-state index in [2.05, 4.69) is 20.6 Å². The number of hydrogen-bond donors (Lipinski definition) is 1. The lowest BCUT2D eigenvalue weighted by molar-refractivity contribution is 0.607. The lowest BCUT2D eigenvalue weighted by atomic mass is 10.4. The molecule has 2 heterocycles. The van der Waals surface area contributed by atoms with Crippen LogP contribution < -0.4 is 5.32 Å². The molecule has 5 nitrogen and oxygen atoms in total. The molecule has 0 aliphatic heterocycles. The Bertz CT molecular complexity index is 460. The van der Waals surface area contributed by atoms with Crippen LogP contribution in [0.4, 0.5) is 0 Å². The Labute approximate surface area is 87.5 Å². The lowest BCUT2D eigenvalue weighted by Crippen LogP contribution is -2.18. The predicted molar refractivity (Wildman–Crippen MR) is 55.2 cm³/mol. The van der Waals surface area contributed by atoms with Gasteiger partial charge in [0.25, 0.3) is 0 Å². The van der Waals surface area contributed by atoms with E-state index in [4.69, 9.17) is 0 Å². The van der Waals surface area contributed by atoms with E-state index >= 15 is 0 Å². The van der Waals surface area contributed by atoms with Gasteiger partial charge in [-0.1, -0.05) is 0 Å². The Morgan fingerprint density at radius 1 is 1.40 bits per heavy atom. The highest BCUT2D eigenvalue weighted by atomic mass is 15.4. The van der Waals surface area contributed by atoms with E-state index in [9.17, 15) is 0 Å². The molecule has 0 spiro atoms. The maximum absolute atomic E-state index is 4.21. The fourth-order valence-corrected chi connectivity index (χ4v) is 1.61. The van der Waals surface area contributed by atoms with Crippen molar-refractivity contribution in [3.8, 4) is 0 Å².